The Morgan fingerprint density at radius 1 is 0.554 bits per heavy atom. The normalized spacial score (nSPS) is 14.5. The van der Waals surface area contributed by atoms with Crippen molar-refractivity contribution < 1.29 is 32.9 Å². The molecule has 0 spiro atoms. The summed E-state index contributed by atoms with van der Waals surface area (Å²) in [7, 11) is 1.30. The highest BCUT2D eigenvalue weighted by Gasteiger charge is 2.24. The number of hydrogen-bond acceptors (Lipinski definition) is 6. The first-order valence-corrected chi connectivity index (χ1v) is 28.6. The van der Waals surface area contributed by atoms with E-state index in [-0.39, 0.29) is 19.1 Å². The Balaban J connectivity index is 3.77. The number of rotatable bonds is 49. The van der Waals surface area contributed by atoms with Gasteiger partial charge in [0.15, 0.2) is 0 Å². The smallest absolute Gasteiger partial charge is 0.268 e. The van der Waals surface area contributed by atoms with Crippen LogP contribution in [0.25, 0.3) is 0 Å². The summed E-state index contributed by atoms with van der Waals surface area (Å²) >= 11 is 0. The van der Waals surface area contributed by atoms with Crippen molar-refractivity contribution in [1.29, 1.82) is 0 Å². The van der Waals surface area contributed by atoms with Crippen LogP contribution in [0, 0.1) is 0 Å². The molecule has 0 radical (unpaired) electrons. The van der Waals surface area contributed by atoms with Gasteiger partial charge < -0.3 is 28.8 Å². The fourth-order valence-electron chi connectivity index (χ4n) is 7.77. The van der Waals surface area contributed by atoms with Gasteiger partial charge in [-0.25, -0.2) is 0 Å². The number of quaternary nitrogens is 1. The molecule has 65 heavy (non-hydrogen) atoms. The number of phosphoric acid groups is 1. The van der Waals surface area contributed by atoms with Gasteiger partial charge in [-0.15, -0.1) is 0 Å². The van der Waals surface area contributed by atoms with Crippen LogP contribution < -0.4 is 10.2 Å². The van der Waals surface area contributed by atoms with Crippen LogP contribution in [-0.4, -0.2) is 68.5 Å². The third-order valence-corrected chi connectivity index (χ3v) is 13.0. The molecule has 0 aromatic carbocycles. The number of aliphatic hydroxyl groups is 1. The number of allylic oxidation sites excluding steroid dienone is 10. The predicted molar refractivity (Wildman–Crippen MR) is 279 cm³/mol. The monoisotopic (exact) mass is 933 g/mol. The third-order valence-electron chi connectivity index (χ3n) is 12.0. The number of unbranched alkanes of at least 4 members (excludes halogenated alkanes) is 26. The van der Waals surface area contributed by atoms with Crippen molar-refractivity contribution in [3.05, 3.63) is 60.8 Å². The van der Waals surface area contributed by atoms with Crippen LogP contribution in [0.2, 0.25) is 0 Å². The third kappa shape index (κ3) is 49.9. The summed E-state index contributed by atoms with van der Waals surface area (Å²) in [5.41, 5.74) is 0. The first-order valence-electron chi connectivity index (χ1n) is 27.1. The minimum Gasteiger partial charge on any atom is -0.756 e. The Hall–Kier alpha value is -1.80. The van der Waals surface area contributed by atoms with Crippen LogP contribution in [0.15, 0.2) is 60.8 Å². The summed E-state index contributed by atoms with van der Waals surface area (Å²) in [6.45, 7) is 4.54. The van der Waals surface area contributed by atoms with Gasteiger partial charge in [0.2, 0.25) is 5.91 Å². The summed E-state index contributed by atoms with van der Waals surface area (Å²) in [4.78, 5) is 25.2. The number of phosphoric ester groups is 1. The number of likely N-dealkylation sites (N-methyl/N-ethyl adjacent to an activating group) is 1. The van der Waals surface area contributed by atoms with Crippen molar-refractivity contribution in [2.24, 2.45) is 0 Å². The van der Waals surface area contributed by atoms with E-state index < -0.39 is 20.0 Å². The van der Waals surface area contributed by atoms with E-state index in [1.165, 1.54) is 141 Å². The topological polar surface area (TPSA) is 108 Å². The van der Waals surface area contributed by atoms with Gasteiger partial charge in [-0.05, 0) is 57.8 Å². The van der Waals surface area contributed by atoms with E-state index >= 15 is 0 Å². The number of hydrogen-bond donors (Lipinski definition) is 2. The van der Waals surface area contributed by atoms with Crippen LogP contribution in [0.3, 0.4) is 0 Å². The summed E-state index contributed by atoms with van der Waals surface area (Å²) < 4.78 is 23.2. The SMILES string of the molecule is CC/C=C\C/C=C\C/C=C\C/C=C\C/C=C\CCCCCCCCCCCCCCCCCCCCCCCC(=O)NC(COP(=O)([O-])OCC[N+](C)(C)C)C(O)CCCCCCCC. The molecule has 0 fully saturated rings. The molecule has 1 amide bonds. The molecule has 380 valence electrons. The molecule has 3 atom stereocenters. The quantitative estimate of drug-likeness (QED) is 0.0272. The fraction of sp³-hybridized carbons (Fsp3) is 0.804. The lowest BCUT2D eigenvalue weighted by Crippen LogP contribution is -2.46. The van der Waals surface area contributed by atoms with E-state index in [0.29, 0.717) is 23.9 Å². The van der Waals surface area contributed by atoms with Gasteiger partial charge in [-0.1, -0.05) is 235 Å². The van der Waals surface area contributed by atoms with E-state index in [9.17, 15) is 19.4 Å². The molecule has 0 aliphatic heterocycles. The molecule has 0 rings (SSSR count). The van der Waals surface area contributed by atoms with E-state index in [1.807, 2.05) is 21.1 Å². The average molecular weight is 933 g/mol. The summed E-state index contributed by atoms with van der Waals surface area (Å²) in [6, 6.07) is -0.796. The molecule has 3 unspecified atom stereocenters. The molecule has 8 nitrogen and oxygen atoms in total. The second-order valence-corrected chi connectivity index (χ2v) is 21.0. The standard InChI is InChI=1S/C56H105N2O6P/c1-6-8-10-12-14-15-16-17-18-19-20-21-22-23-24-25-26-27-28-29-30-31-32-33-34-35-36-37-38-39-40-41-42-43-44-46-48-50-56(60)57-54(55(59)49-47-45-13-11-9-7-2)53-64-65(61,62)63-52-51-58(3,4)5/h8,10,14-15,17-18,20-21,23-24,54-55,59H,6-7,9,11-13,16,19,22,25-53H2,1-5H3,(H-,57,60,61,62)/b10-8-,15-14-,18-17-,21-20-,24-23-. The van der Waals surface area contributed by atoms with Crippen molar-refractivity contribution in [2.45, 2.75) is 251 Å². The van der Waals surface area contributed by atoms with Gasteiger partial charge in [-0.3, -0.25) is 9.36 Å². The highest BCUT2D eigenvalue weighted by atomic mass is 31.2. The molecule has 0 aromatic heterocycles. The fourth-order valence-corrected chi connectivity index (χ4v) is 8.50. The maximum atomic E-state index is 12.8. The second kappa shape index (κ2) is 47.3. The first kappa shape index (κ1) is 63.2. The minimum atomic E-state index is -4.55. The van der Waals surface area contributed by atoms with E-state index in [4.69, 9.17) is 9.05 Å². The highest BCUT2D eigenvalue weighted by Crippen LogP contribution is 2.38. The molecule has 0 aromatic rings. The van der Waals surface area contributed by atoms with E-state index in [0.717, 1.165) is 70.6 Å². The highest BCUT2D eigenvalue weighted by molar-refractivity contribution is 7.45. The summed E-state index contributed by atoms with van der Waals surface area (Å²) in [5.74, 6) is -0.169. The van der Waals surface area contributed by atoms with Crippen LogP contribution in [0.1, 0.15) is 239 Å². The van der Waals surface area contributed by atoms with Crippen molar-refractivity contribution in [1.82, 2.24) is 5.32 Å². The number of carbonyl (C=O) groups is 1. The van der Waals surface area contributed by atoms with Crippen molar-refractivity contribution in [2.75, 3.05) is 40.9 Å². The predicted octanol–water partition coefficient (Wildman–Crippen LogP) is 15.5. The zero-order chi connectivity index (χ0) is 47.8. The van der Waals surface area contributed by atoms with Gasteiger partial charge in [0.1, 0.15) is 13.2 Å². The molecule has 0 saturated carbocycles. The molecule has 0 saturated heterocycles. The Kier molecular flexibility index (Phi) is 46.0. The zero-order valence-corrected chi connectivity index (χ0v) is 44.1. The molecular formula is C56H105N2O6P. The molecule has 0 aliphatic carbocycles. The van der Waals surface area contributed by atoms with Crippen molar-refractivity contribution >= 4 is 13.7 Å². The lowest BCUT2D eigenvalue weighted by molar-refractivity contribution is -0.870. The van der Waals surface area contributed by atoms with E-state index in [1.54, 1.807) is 0 Å². The Morgan fingerprint density at radius 2 is 0.938 bits per heavy atom. The molecule has 0 bridgehead atoms. The number of aliphatic hydroxyl groups excluding tert-OH is 1. The summed E-state index contributed by atoms with van der Waals surface area (Å²) in [6.07, 6.45) is 63.1. The number of amides is 1. The van der Waals surface area contributed by atoms with Gasteiger partial charge >= 0.3 is 0 Å². The number of nitrogens with zero attached hydrogens (tertiary/aromatic N) is 1. The number of carbonyl (C=O) groups excluding carboxylic acids is 1. The zero-order valence-electron chi connectivity index (χ0n) is 43.2. The maximum Gasteiger partial charge on any atom is 0.268 e. The molecule has 0 aliphatic rings. The molecular weight excluding hydrogens is 828 g/mol. The Bertz CT molecular complexity index is 1240. The van der Waals surface area contributed by atoms with Crippen LogP contribution in [-0.2, 0) is 18.4 Å². The van der Waals surface area contributed by atoms with Crippen molar-refractivity contribution in [3.8, 4) is 0 Å². The summed E-state index contributed by atoms with van der Waals surface area (Å²) in [5, 5.41) is 13.8. The largest absolute Gasteiger partial charge is 0.756 e. The molecule has 0 heterocycles. The van der Waals surface area contributed by atoms with Crippen LogP contribution >= 0.6 is 7.82 Å². The van der Waals surface area contributed by atoms with Crippen molar-refractivity contribution in [3.63, 3.8) is 0 Å². The Labute approximate surface area is 402 Å². The first-order chi connectivity index (χ1) is 31.5. The lowest BCUT2D eigenvalue weighted by Gasteiger charge is -2.30. The Morgan fingerprint density at radius 3 is 1.37 bits per heavy atom. The van der Waals surface area contributed by atoms with Crippen LogP contribution in [0.5, 0.6) is 0 Å². The average Bonchev–Trinajstić information content (AvgIpc) is 3.26. The van der Waals surface area contributed by atoms with Gasteiger partial charge in [0.05, 0.1) is 39.9 Å². The van der Waals surface area contributed by atoms with Gasteiger partial charge in [-0.2, -0.15) is 0 Å². The molecule has 9 heteroatoms. The minimum absolute atomic E-state index is 0.0118. The second-order valence-electron chi connectivity index (χ2n) is 19.6. The van der Waals surface area contributed by atoms with Gasteiger partial charge in [0.25, 0.3) is 7.82 Å². The van der Waals surface area contributed by atoms with Gasteiger partial charge in [0, 0.05) is 6.42 Å². The lowest BCUT2D eigenvalue weighted by atomic mass is 10.0. The van der Waals surface area contributed by atoms with Crippen LogP contribution in [0.4, 0.5) is 0 Å². The maximum absolute atomic E-state index is 12.8. The van der Waals surface area contributed by atoms with E-state index in [2.05, 4.69) is 79.9 Å². The number of nitrogens with one attached hydrogen (secondary N) is 1. The molecule has 2 N–H and O–H groups in total.